The summed E-state index contributed by atoms with van der Waals surface area (Å²) in [6.45, 7) is 6.11. The lowest BCUT2D eigenvalue weighted by atomic mass is 9.85. The van der Waals surface area contributed by atoms with Crippen LogP contribution in [-0.4, -0.2) is 54.4 Å². The molecule has 0 aliphatic carbocycles. The van der Waals surface area contributed by atoms with Crippen molar-refractivity contribution >= 4 is 10.2 Å². The zero-order chi connectivity index (χ0) is 14.8. The van der Waals surface area contributed by atoms with Crippen molar-refractivity contribution in [2.24, 2.45) is 5.41 Å². The maximum atomic E-state index is 12.8. The van der Waals surface area contributed by atoms with Gasteiger partial charge in [0.05, 0.1) is 6.61 Å². The Balaban J connectivity index is 2.12. The Morgan fingerprint density at radius 3 is 2.55 bits per heavy atom. The lowest BCUT2D eigenvalue weighted by Gasteiger charge is -2.37. The van der Waals surface area contributed by atoms with Gasteiger partial charge in [0.2, 0.25) is 0 Å². The molecule has 6 heteroatoms. The minimum atomic E-state index is -3.41. The molecule has 1 N–H and O–H groups in total. The second-order valence-electron chi connectivity index (χ2n) is 6.87. The van der Waals surface area contributed by atoms with Crippen LogP contribution in [0.25, 0.3) is 0 Å². The third-order valence-electron chi connectivity index (χ3n) is 4.71. The van der Waals surface area contributed by atoms with Crippen LogP contribution in [-0.2, 0) is 10.2 Å². The Hall–Kier alpha value is -0.170. The zero-order valence-corrected chi connectivity index (χ0v) is 13.5. The highest BCUT2D eigenvalue weighted by Crippen LogP contribution is 2.32. The highest BCUT2D eigenvalue weighted by Gasteiger charge is 2.37. The van der Waals surface area contributed by atoms with E-state index in [4.69, 9.17) is 0 Å². The smallest absolute Gasteiger partial charge is 0.282 e. The maximum Gasteiger partial charge on any atom is 0.282 e. The standard InChI is InChI=1S/C14H28N2O3S/c1-14(2)7-5-9-15(11-8-14)20(18,19)16-10-4-3-6-13(16)12-17/h13,17H,3-12H2,1-2H3. The van der Waals surface area contributed by atoms with Gasteiger partial charge in [0.1, 0.15) is 0 Å². The van der Waals surface area contributed by atoms with Crippen molar-refractivity contribution in [2.75, 3.05) is 26.2 Å². The van der Waals surface area contributed by atoms with Crippen LogP contribution < -0.4 is 0 Å². The van der Waals surface area contributed by atoms with Gasteiger partial charge in [-0.1, -0.05) is 20.3 Å². The van der Waals surface area contributed by atoms with E-state index in [0.29, 0.717) is 19.6 Å². The molecule has 2 aliphatic rings. The normalized spacial score (nSPS) is 30.1. The van der Waals surface area contributed by atoms with Gasteiger partial charge in [-0.2, -0.15) is 17.0 Å². The molecule has 1 atom stereocenters. The Bertz CT molecular complexity index is 422. The SMILES string of the molecule is CC1(C)CCCN(S(=O)(=O)N2CCCCC2CO)CC1. The number of piperidine rings is 1. The van der Waals surface area contributed by atoms with Crippen LogP contribution in [0.1, 0.15) is 52.4 Å². The highest BCUT2D eigenvalue weighted by molar-refractivity contribution is 7.86. The molecular formula is C14H28N2O3S. The number of hydrogen-bond donors (Lipinski definition) is 1. The molecule has 0 spiro atoms. The van der Waals surface area contributed by atoms with Crippen LogP contribution >= 0.6 is 0 Å². The van der Waals surface area contributed by atoms with Crippen molar-refractivity contribution in [3.05, 3.63) is 0 Å². The minimum absolute atomic E-state index is 0.0709. The van der Waals surface area contributed by atoms with E-state index in [2.05, 4.69) is 13.8 Å². The number of aliphatic hydroxyl groups excluding tert-OH is 1. The van der Waals surface area contributed by atoms with Crippen molar-refractivity contribution in [1.82, 2.24) is 8.61 Å². The fraction of sp³-hybridized carbons (Fsp3) is 1.00. The lowest BCUT2D eigenvalue weighted by Crippen LogP contribution is -2.52. The molecule has 0 amide bonds. The quantitative estimate of drug-likeness (QED) is 0.861. The molecule has 0 aromatic carbocycles. The molecule has 2 rings (SSSR count). The number of aliphatic hydroxyl groups is 1. The first-order chi connectivity index (χ1) is 9.37. The van der Waals surface area contributed by atoms with E-state index in [1.165, 1.54) is 4.31 Å². The first-order valence-electron chi connectivity index (χ1n) is 7.75. The summed E-state index contributed by atoms with van der Waals surface area (Å²) in [7, 11) is -3.41. The molecular weight excluding hydrogens is 276 g/mol. The maximum absolute atomic E-state index is 12.8. The summed E-state index contributed by atoms with van der Waals surface area (Å²) < 4.78 is 28.8. The molecule has 2 aliphatic heterocycles. The molecule has 1 unspecified atom stereocenters. The van der Waals surface area contributed by atoms with Crippen molar-refractivity contribution in [3.8, 4) is 0 Å². The topological polar surface area (TPSA) is 60.9 Å². The average molecular weight is 304 g/mol. The van der Waals surface area contributed by atoms with Gasteiger partial charge in [-0.15, -0.1) is 0 Å². The van der Waals surface area contributed by atoms with Gasteiger partial charge < -0.3 is 5.11 Å². The minimum Gasteiger partial charge on any atom is -0.395 e. The summed E-state index contributed by atoms with van der Waals surface area (Å²) in [4.78, 5) is 0. The molecule has 2 saturated heterocycles. The van der Waals surface area contributed by atoms with Crippen LogP contribution in [0.15, 0.2) is 0 Å². The van der Waals surface area contributed by atoms with E-state index in [9.17, 15) is 13.5 Å². The van der Waals surface area contributed by atoms with Crippen molar-refractivity contribution in [3.63, 3.8) is 0 Å². The second kappa shape index (κ2) is 6.30. The third-order valence-corrected chi connectivity index (χ3v) is 6.80. The van der Waals surface area contributed by atoms with E-state index in [-0.39, 0.29) is 18.1 Å². The first kappa shape index (κ1) is 16.2. The molecule has 0 radical (unpaired) electrons. The van der Waals surface area contributed by atoms with Crippen LogP contribution in [0, 0.1) is 5.41 Å². The summed E-state index contributed by atoms with van der Waals surface area (Å²) in [5, 5.41) is 9.44. The van der Waals surface area contributed by atoms with E-state index in [1.807, 2.05) is 0 Å². The zero-order valence-electron chi connectivity index (χ0n) is 12.7. The van der Waals surface area contributed by atoms with Crippen LogP contribution in [0.2, 0.25) is 0 Å². The molecule has 0 bridgehead atoms. The van der Waals surface area contributed by atoms with Gasteiger partial charge in [0, 0.05) is 25.7 Å². The first-order valence-corrected chi connectivity index (χ1v) is 9.14. The van der Waals surface area contributed by atoms with Crippen molar-refractivity contribution in [1.29, 1.82) is 0 Å². The Morgan fingerprint density at radius 1 is 1.10 bits per heavy atom. The predicted molar refractivity (Wildman–Crippen MR) is 79.6 cm³/mol. The number of rotatable bonds is 3. The van der Waals surface area contributed by atoms with Gasteiger partial charge in [-0.25, -0.2) is 0 Å². The highest BCUT2D eigenvalue weighted by atomic mass is 32.2. The Kier molecular flexibility index (Phi) is 5.10. The summed E-state index contributed by atoms with van der Waals surface area (Å²) in [6.07, 6.45) is 5.57. The molecule has 0 aromatic heterocycles. The molecule has 5 nitrogen and oxygen atoms in total. The van der Waals surface area contributed by atoms with E-state index in [1.54, 1.807) is 4.31 Å². The van der Waals surface area contributed by atoms with Gasteiger partial charge in [0.15, 0.2) is 0 Å². The Morgan fingerprint density at radius 2 is 1.85 bits per heavy atom. The molecule has 118 valence electrons. The lowest BCUT2D eigenvalue weighted by molar-refractivity contribution is 0.147. The predicted octanol–water partition coefficient (Wildman–Crippen LogP) is 1.59. The fourth-order valence-electron chi connectivity index (χ4n) is 3.24. The molecule has 0 saturated carbocycles. The fourth-order valence-corrected chi connectivity index (χ4v) is 5.12. The summed E-state index contributed by atoms with van der Waals surface area (Å²) in [5.74, 6) is 0. The van der Waals surface area contributed by atoms with Gasteiger partial charge in [-0.3, -0.25) is 0 Å². The van der Waals surface area contributed by atoms with Crippen molar-refractivity contribution < 1.29 is 13.5 Å². The summed E-state index contributed by atoms with van der Waals surface area (Å²) in [6, 6.07) is -0.231. The third kappa shape index (κ3) is 3.53. The number of hydrogen-bond acceptors (Lipinski definition) is 3. The van der Waals surface area contributed by atoms with Crippen LogP contribution in [0.5, 0.6) is 0 Å². The monoisotopic (exact) mass is 304 g/mol. The van der Waals surface area contributed by atoms with Crippen molar-refractivity contribution in [2.45, 2.75) is 58.4 Å². The van der Waals surface area contributed by atoms with Crippen LogP contribution in [0.4, 0.5) is 0 Å². The largest absolute Gasteiger partial charge is 0.395 e. The molecule has 2 fully saturated rings. The van der Waals surface area contributed by atoms with Gasteiger partial charge >= 0.3 is 0 Å². The molecule has 2 heterocycles. The summed E-state index contributed by atoms with van der Waals surface area (Å²) in [5.41, 5.74) is 0.225. The molecule has 0 aromatic rings. The number of nitrogens with zero attached hydrogens (tertiary/aromatic N) is 2. The van der Waals surface area contributed by atoms with E-state index >= 15 is 0 Å². The average Bonchev–Trinajstić information content (AvgIpc) is 2.60. The Labute approximate surface area is 123 Å². The van der Waals surface area contributed by atoms with E-state index < -0.39 is 10.2 Å². The van der Waals surface area contributed by atoms with Gasteiger partial charge in [-0.05, 0) is 37.5 Å². The molecule has 20 heavy (non-hydrogen) atoms. The second-order valence-corrected chi connectivity index (χ2v) is 8.75. The van der Waals surface area contributed by atoms with E-state index in [0.717, 1.165) is 38.5 Å². The summed E-state index contributed by atoms with van der Waals surface area (Å²) >= 11 is 0. The van der Waals surface area contributed by atoms with Gasteiger partial charge in [0.25, 0.3) is 10.2 Å². The van der Waals surface area contributed by atoms with Crippen LogP contribution in [0.3, 0.4) is 0 Å².